The van der Waals surface area contributed by atoms with Crippen LogP contribution in [0, 0.1) is 5.82 Å². The van der Waals surface area contributed by atoms with Gasteiger partial charge in [-0.25, -0.2) is 4.39 Å². The zero-order valence-electron chi connectivity index (χ0n) is 13.2. The van der Waals surface area contributed by atoms with Gasteiger partial charge < -0.3 is 0 Å². The van der Waals surface area contributed by atoms with Crippen molar-refractivity contribution < 1.29 is 4.39 Å². The number of nitrogens with zero attached hydrogens (tertiary/aromatic N) is 4. The highest BCUT2D eigenvalue weighted by atomic mass is 35.5. The van der Waals surface area contributed by atoms with Crippen molar-refractivity contribution in [1.29, 1.82) is 0 Å². The molecule has 4 rings (SSSR count). The third-order valence-electron chi connectivity index (χ3n) is 3.78. The van der Waals surface area contributed by atoms with Gasteiger partial charge in [0.15, 0.2) is 5.65 Å². The Morgan fingerprint density at radius 2 is 1.77 bits per heavy atom. The summed E-state index contributed by atoms with van der Waals surface area (Å²) >= 11 is 13.3. The van der Waals surface area contributed by atoms with E-state index in [1.807, 2.05) is 36.4 Å². The first-order chi connectivity index (χ1) is 12.6. The van der Waals surface area contributed by atoms with Gasteiger partial charge in [-0.3, -0.25) is 0 Å². The zero-order chi connectivity index (χ0) is 18.1. The van der Waals surface area contributed by atoms with Crippen molar-refractivity contribution in [2.45, 2.75) is 10.9 Å². The van der Waals surface area contributed by atoms with Crippen molar-refractivity contribution in [3.8, 4) is 11.3 Å². The van der Waals surface area contributed by atoms with Crippen LogP contribution in [0.4, 0.5) is 4.39 Å². The molecule has 0 radical (unpaired) electrons. The molecule has 0 unspecified atom stereocenters. The minimum absolute atomic E-state index is 0.332. The van der Waals surface area contributed by atoms with Gasteiger partial charge in [0.25, 0.3) is 0 Å². The van der Waals surface area contributed by atoms with E-state index in [-0.39, 0.29) is 5.82 Å². The Morgan fingerprint density at radius 3 is 2.54 bits per heavy atom. The summed E-state index contributed by atoms with van der Waals surface area (Å²) in [6.45, 7) is 0. The van der Waals surface area contributed by atoms with E-state index in [1.165, 1.54) is 17.8 Å². The summed E-state index contributed by atoms with van der Waals surface area (Å²) in [5.41, 5.74) is 2.74. The molecule has 130 valence electrons. The van der Waals surface area contributed by atoms with Crippen molar-refractivity contribution in [2.75, 3.05) is 0 Å². The fourth-order valence-corrected chi connectivity index (χ4v) is 3.80. The van der Waals surface area contributed by atoms with Crippen LogP contribution in [0.3, 0.4) is 0 Å². The summed E-state index contributed by atoms with van der Waals surface area (Å²) in [5, 5.41) is 14.5. The standard InChI is InChI=1S/C18H11Cl2FN4S/c19-12-6-4-11(5-7-12)16-8-9-17-22-23-18(25(17)24-16)26-10-13-14(20)2-1-3-15(13)21/h1-9H,10H2. The molecular formula is C18H11Cl2FN4S. The van der Waals surface area contributed by atoms with E-state index in [9.17, 15) is 4.39 Å². The number of aromatic nitrogens is 4. The fraction of sp³-hybridized carbons (Fsp3) is 0.0556. The Kier molecular flexibility index (Phi) is 4.80. The predicted molar refractivity (Wildman–Crippen MR) is 102 cm³/mol. The van der Waals surface area contributed by atoms with Gasteiger partial charge in [-0.15, -0.1) is 10.2 Å². The van der Waals surface area contributed by atoms with E-state index < -0.39 is 0 Å². The van der Waals surface area contributed by atoms with Gasteiger partial charge in [-0.05, 0) is 36.4 Å². The summed E-state index contributed by atoms with van der Waals surface area (Å²) in [6.07, 6.45) is 0. The zero-order valence-corrected chi connectivity index (χ0v) is 15.6. The first-order valence-electron chi connectivity index (χ1n) is 7.66. The maximum atomic E-state index is 13.9. The summed E-state index contributed by atoms with van der Waals surface area (Å²) in [5.74, 6) is -0.00674. The van der Waals surface area contributed by atoms with Gasteiger partial charge in [0.2, 0.25) is 5.16 Å². The molecule has 0 aliphatic heterocycles. The van der Waals surface area contributed by atoms with Crippen LogP contribution in [0.1, 0.15) is 5.56 Å². The van der Waals surface area contributed by atoms with Gasteiger partial charge in [0.05, 0.1) is 5.69 Å². The molecule has 0 saturated carbocycles. The number of hydrogen-bond acceptors (Lipinski definition) is 4. The molecule has 0 fully saturated rings. The molecule has 2 aromatic heterocycles. The lowest BCUT2D eigenvalue weighted by molar-refractivity contribution is 0.617. The van der Waals surface area contributed by atoms with E-state index in [2.05, 4.69) is 15.3 Å². The Morgan fingerprint density at radius 1 is 0.962 bits per heavy atom. The molecule has 0 aliphatic rings. The number of hydrogen-bond donors (Lipinski definition) is 0. The van der Waals surface area contributed by atoms with Crippen molar-refractivity contribution >= 4 is 40.6 Å². The Bertz CT molecular complexity index is 1060. The molecule has 0 N–H and O–H groups in total. The second-order valence-corrected chi connectivity index (χ2v) is 7.25. The minimum atomic E-state index is -0.339. The summed E-state index contributed by atoms with van der Waals surface area (Å²) < 4.78 is 15.6. The average Bonchev–Trinajstić information content (AvgIpc) is 3.04. The van der Waals surface area contributed by atoms with Crippen LogP contribution in [-0.2, 0) is 5.75 Å². The number of halogens is 3. The number of thioether (sulfide) groups is 1. The number of rotatable bonds is 4. The molecule has 0 saturated heterocycles. The van der Waals surface area contributed by atoms with Crippen molar-refractivity contribution in [2.24, 2.45) is 0 Å². The highest BCUT2D eigenvalue weighted by Gasteiger charge is 2.13. The van der Waals surface area contributed by atoms with Gasteiger partial charge in [-0.1, -0.05) is 53.2 Å². The Labute approximate surface area is 163 Å². The van der Waals surface area contributed by atoms with Crippen molar-refractivity contribution in [3.63, 3.8) is 0 Å². The van der Waals surface area contributed by atoms with E-state index in [0.717, 1.165) is 11.3 Å². The molecule has 2 aromatic carbocycles. The van der Waals surface area contributed by atoms with Crippen LogP contribution in [0.5, 0.6) is 0 Å². The van der Waals surface area contributed by atoms with E-state index in [1.54, 1.807) is 16.6 Å². The maximum Gasteiger partial charge on any atom is 0.212 e. The highest BCUT2D eigenvalue weighted by molar-refractivity contribution is 7.98. The second-order valence-electron chi connectivity index (χ2n) is 5.47. The third-order valence-corrected chi connectivity index (χ3v) is 5.33. The molecule has 0 bridgehead atoms. The number of benzene rings is 2. The van der Waals surface area contributed by atoms with E-state index in [0.29, 0.717) is 32.2 Å². The molecule has 8 heteroatoms. The second kappa shape index (κ2) is 7.23. The van der Waals surface area contributed by atoms with Gasteiger partial charge in [0, 0.05) is 26.9 Å². The molecule has 4 nitrogen and oxygen atoms in total. The molecule has 0 atom stereocenters. The van der Waals surface area contributed by atoms with Crippen molar-refractivity contribution in [1.82, 2.24) is 19.8 Å². The van der Waals surface area contributed by atoms with Crippen LogP contribution in [0.15, 0.2) is 59.8 Å². The van der Waals surface area contributed by atoms with Crippen LogP contribution in [0.2, 0.25) is 10.0 Å². The lowest BCUT2D eigenvalue weighted by Gasteiger charge is -2.05. The Hall–Kier alpha value is -2.15. The minimum Gasteiger partial charge on any atom is -0.207 e. The van der Waals surface area contributed by atoms with E-state index in [4.69, 9.17) is 23.2 Å². The molecule has 0 aliphatic carbocycles. The fourth-order valence-electron chi connectivity index (χ4n) is 2.44. The lowest BCUT2D eigenvalue weighted by atomic mass is 10.1. The largest absolute Gasteiger partial charge is 0.212 e. The monoisotopic (exact) mass is 404 g/mol. The smallest absolute Gasteiger partial charge is 0.207 e. The summed E-state index contributed by atoms with van der Waals surface area (Å²) in [6, 6.07) is 15.8. The molecule has 0 spiro atoms. The topological polar surface area (TPSA) is 43.1 Å². The third kappa shape index (κ3) is 3.40. The SMILES string of the molecule is Fc1cccc(Cl)c1CSc1nnc2ccc(-c3ccc(Cl)cc3)nn12. The average molecular weight is 405 g/mol. The molecule has 4 aromatic rings. The first-order valence-corrected chi connectivity index (χ1v) is 9.40. The summed E-state index contributed by atoms with van der Waals surface area (Å²) in [7, 11) is 0. The van der Waals surface area contributed by atoms with Gasteiger partial charge >= 0.3 is 0 Å². The lowest BCUT2D eigenvalue weighted by Crippen LogP contribution is -1.97. The first kappa shape index (κ1) is 17.3. The van der Waals surface area contributed by atoms with Gasteiger partial charge in [0.1, 0.15) is 5.82 Å². The van der Waals surface area contributed by atoms with Crippen LogP contribution < -0.4 is 0 Å². The van der Waals surface area contributed by atoms with Crippen LogP contribution >= 0.6 is 35.0 Å². The van der Waals surface area contributed by atoms with Gasteiger partial charge in [-0.2, -0.15) is 9.61 Å². The molecule has 26 heavy (non-hydrogen) atoms. The maximum absolute atomic E-state index is 13.9. The number of fused-ring (bicyclic) bond motifs is 1. The van der Waals surface area contributed by atoms with Crippen LogP contribution in [0.25, 0.3) is 16.9 Å². The Balaban J connectivity index is 1.65. The molecular weight excluding hydrogens is 394 g/mol. The predicted octanol–water partition coefficient (Wildman–Crippen LogP) is 5.53. The quantitative estimate of drug-likeness (QED) is 0.419. The van der Waals surface area contributed by atoms with E-state index >= 15 is 0 Å². The molecule has 2 heterocycles. The van der Waals surface area contributed by atoms with Crippen molar-refractivity contribution in [3.05, 3.63) is 76.0 Å². The molecule has 0 amide bonds. The summed E-state index contributed by atoms with van der Waals surface area (Å²) in [4.78, 5) is 0. The highest BCUT2D eigenvalue weighted by Crippen LogP contribution is 2.28. The van der Waals surface area contributed by atoms with Crippen LogP contribution in [-0.4, -0.2) is 19.8 Å². The normalized spacial score (nSPS) is 11.2.